The minimum absolute atomic E-state index is 0.00821. The minimum Gasteiger partial charge on any atom is -0.497 e. The first-order valence-corrected chi connectivity index (χ1v) is 19.2. The summed E-state index contributed by atoms with van der Waals surface area (Å²) in [4.78, 5) is 30.0. The van der Waals surface area contributed by atoms with E-state index in [4.69, 9.17) is 9.47 Å². The highest BCUT2D eigenvalue weighted by Crippen LogP contribution is 2.60. The van der Waals surface area contributed by atoms with Crippen molar-refractivity contribution < 1.29 is 24.2 Å². The number of methoxy groups -OCH3 is 1. The van der Waals surface area contributed by atoms with Crippen molar-refractivity contribution in [2.75, 3.05) is 37.0 Å². The van der Waals surface area contributed by atoms with Gasteiger partial charge in [-0.05, 0) is 67.2 Å². The number of aliphatic hydroxyl groups is 1. The van der Waals surface area contributed by atoms with E-state index < -0.39 is 13.7 Å². The van der Waals surface area contributed by atoms with Gasteiger partial charge in [-0.2, -0.15) is 0 Å². The molecule has 9 heteroatoms. The zero-order valence-electron chi connectivity index (χ0n) is 26.7. The summed E-state index contributed by atoms with van der Waals surface area (Å²) in [6.45, 7) is 8.80. The Hall–Kier alpha value is -3.50. The number of rotatable bonds is 9. The van der Waals surface area contributed by atoms with Crippen molar-refractivity contribution in [3.8, 4) is 5.75 Å². The molecule has 0 radical (unpaired) electrons. The van der Waals surface area contributed by atoms with Gasteiger partial charge < -0.3 is 30.1 Å². The molecule has 1 spiro atoms. The molecule has 0 aromatic heterocycles. The summed E-state index contributed by atoms with van der Waals surface area (Å²) in [7, 11) is -0.622. The Morgan fingerprint density at radius 1 is 1.13 bits per heavy atom. The number of benzene rings is 3. The van der Waals surface area contributed by atoms with Gasteiger partial charge in [-0.25, -0.2) is 0 Å². The summed E-state index contributed by atoms with van der Waals surface area (Å²) >= 11 is 0. The third-order valence-electron chi connectivity index (χ3n) is 10.4. The molecule has 45 heavy (non-hydrogen) atoms. The average Bonchev–Trinajstić information content (AvgIpc) is 3.48. The zero-order chi connectivity index (χ0) is 31.8. The highest BCUT2D eigenvalue weighted by molar-refractivity contribution is 6.91. The molecule has 3 N–H and O–H groups in total. The first kappa shape index (κ1) is 31.5. The van der Waals surface area contributed by atoms with Crippen LogP contribution in [0.1, 0.15) is 37.3 Å². The van der Waals surface area contributed by atoms with Gasteiger partial charge in [0.25, 0.3) is 5.91 Å². The topological polar surface area (TPSA) is 100 Å². The van der Waals surface area contributed by atoms with Gasteiger partial charge >= 0.3 is 0 Å². The van der Waals surface area contributed by atoms with E-state index in [1.807, 2.05) is 65.6 Å². The molecule has 238 valence electrons. The molecule has 3 aromatic carbocycles. The molecule has 5 atom stereocenters. The van der Waals surface area contributed by atoms with Gasteiger partial charge in [0.2, 0.25) is 5.91 Å². The number of hydrogen-bond donors (Lipinski definition) is 3. The number of anilines is 2. The molecule has 2 fully saturated rings. The van der Waals surface area contributed by atoms with Crippen molar-refractivity contribution in [2.45, 2.75) is 63.1 Å². The van der Waals surface area contributed by atoms with E-state index in [1.54, 1.807) is 7.11 Å². The van der Waals surface area contributed by atoms with Crippen molar-refractivity contribution >= 4 is 36.4 Å². The number of nitrogens with zero attached hydrogens (tertiary/aromatic N) is 1. The monoisotopic (exact) mass is 627 g/mol. The largest absolute Gasteiger partial charge is 0.497 e. The SMILES string of the molecule is COc1ccc([Si](C)(C)[C@@H]2[C@@H](CCO)O[C@]3(C(=O)N(Cc4ccccc4)c4ccc(NC(=O)C5CCCNC5)cc43)[C@H]2C)cc1. The number of nitrogens with one attached hydrogen (secondary N) is 2. The van der Waals surface area contributed by atoms with Crippen LogP contribution in [0.25, 0.3) is 0 Å². The molecule has 1 unspecified atom stereocenters. The van der Waals surface area contributed by atoms with Crippen LogP contribution in [0.2, 0.25) is 18.6 Å². The van der Waals surface area contributed by atoms with Gasteiger partial charge in [-0.15, -0.1) is 0 Å². The number of carbonyl (C=O) groups is 2. The zero-order valence-corrected chi connectivity index (χ0v) is 27.7. The summed E-state index contributed by atoms with van der Waals surface area (Å²) in [5.74, 6) is 0.439. The second-order valence-corrected chi connectivity index (χ2v) is 18.0. The first-order valence-electron chi connectivity index (χ1n) is 16.2. The molecule has 3 aromatic rings. The van der Waals surface area contributed by atoms with E-state index >= 15 is 0 Å². The number of carbonyl (C=O) groups excluding carboxylic acids is 2. The van der Waals surface area contributed by atoms with Crippen LogP contribution in [0.5, 0.6) is 5.75 Å². The van der Waals surface area contributed by atoms with Gasteiger partial charge in [-0.3, -0.25) is 9.59 Å². The van der Waals surface area contributed by atoms with Gasteiger partial charge in [0.05, 0.1) is 39.4 Å². The summed E-state index contributed by atoms with van der Waals surface area (Å²) in [5.41, 5.74) is 2.10. The number of ether oxygens (including phenoxy) is 2. The number of amides is 2. The van der Waals surface area contributed by atoms with E-state index in [2.05, 4.69) is 42.8 Å². The van der Waals surface area contributed by atoms with E-state index in [-0.39, 0.29) is 41.9 Å². The van der Waals surface area contributed by atoms with Crippen LogP contribution in [-0.4, -0.2) is 57.9 Å². The molecule has 2 amide bonds. The average molecular weight is 628 g/mol. The second kappa shape index (κ2) is 12.7. The summed E-state index contributed by atoms with van der Waals surface area (Å²) in [6.07, 6.45) is 1.96. The lowest BCUT2D eigenvalue weighted by atomic mass is 9.82. The van der Waals surface area contributed by atoms with E-state index in [0.717, 1.165) is 42.0 Å². The quantitative estimate of drug-likeness (QED) is 0.296. The van der Waals surface area contributed by atoms with E-state index in [1.165, 1.54) is 5.19 Å². The maximum atomic E-state index is 14.9. The lowest BCUT2D eigenvalue weighted by Gasteiger charge is -2.37. The summed E-state index contributed by atoms with van der Waals surface area (Å²) in [6, 6.07) is 24.1. The highest BCUT2D eigenvalue weighted by atomic mass is 28.3. The lowest BCUT2D eigenvalue weighted by Crippen LogP contribution is -2.51. The van der Waals surface area contributed by atoms with Gasteiger partial charge in [0, 0.05) is 30.3 Å². The Labute approximate surface area is 267 Å². The van der Waals surface area contributed by atoms with Gasteiger partial charge in [0.15, 0.2) is 5.60 Å². The fourth-order valence-electron chi connectivity index (χ4n) is 8.03. The third kappa shape index (κ3) is 5.60. The smallest absolute Gasteiger partial charge is 0.264 e. The molecule has 0 aliphatic carbocycles. The van der Waals surface area contributed by atoms with Crippen LogP contribution in [0.4, 0.5) is 11.4 Å². The summed E-state index contributed by atoms with van der Waals surface area (Å²) in [5, 5.41) is 17.9. The Kier molecular flexibility index (Phi) is 8.89. The van der Waals surface area contributed by atoms with E-state index in [0.29, 0.717) is 25.2 Å². The molecule has 2 saturated heterocycles. The normalized spacial score (nSPS) is 26.2. The molecular weight excluding hydrogens is 582 g/mol. The van der Waals surface area contributed by atoms with Gasteiger partial charge in [-0.1, -0.05) is 67.7 Å². The predicted octanol–water partition coefficient (Wildman–Crippen LogP) is 4.78. The molecule has 3 aliphatic rings. The number of hydrogen-bond acceptors (Lipinski definition) is 6. The second-order valence-electron chi connectivity index (χ2n) is 13.3. The Balaban J connectivity index is 1.42. The Bertz CT molecular complexity index is 1530. The van der Waals surface area contributed by atoms with Crippen LogP contribution in [0.3, 0.4) is 0 Å². The number of piperidine rings is 1. The molecule has 3 heterocycles. The van der Waals surface area contributed by atoms with Crippen molar-refractivity contribution in [1.82, 2.24) is 5.32 Å². The maximum Gasteiger partial charge on any atom is 0.264 e. The van der Waals surface area contributed by atoms with Crippen molar-refractivity contribution in [3.05, 3.63) is 83.9 Å². The van der Waals surface area contributed by atoms with Crippen LogP contribution in [-0.2, 0) is 26.5 Å². The van der Waals surface area contributed by atoms with Crippen LogP contribution in [0.15, 0.2) is 72.8 Å². The summed E-state index contributed by atoms with van der Waals surface area (Å²) < 4.78 is 12.5. The number of fused-ring (bicyclic) bond motifs is 2. The maximum absolute atomic E-state index is 14.9. The van der Waals surface area contributed by atoms with Gasteiger partial charge in [0.1, 0.15) is 5.75 Å². The molecule has 8 nitrogen and oxygen atoms in total. The van der Waals surface area contributed by atoms with E-state index in [9.17, 15) is 14.7 Å². The predicted molar refractivity (Wildman–Crippen MR) is 180 cm³/mol. The minimum atomic E-state index is -2.29. The van der Waals surface area contributed by atoms with Crippen LogP contribution in [0, 0.1) is 11.8 Å². The molecule has 3 aliphatic heterocycles. The van der Waals surface area contributed by atoms with Crippen molar-refractivity contribution in [1.29, 1.82) is 0 Å². The molecular formula is C36H45N3O5Si. The van der Waals surface area contributed by atoms with Crippen molar-refractivity contribution in [2.24, 2.45) is 11.8 Å². The lowest BCUT2D eigenvalue weighted by molar-refractivity contribution is -0.146. The third-order valence-corrected chi connectivity index (χ3v) is 14.7. The first-order chi connectivity index (χ1) is 21.7. The molecule has 0 saturated carbocycles. The highest BCUT2D eigenvalue weighted by Gasteiger charge is 2.66. The Morgan fingerprint density at radius 3 is 2.56 bits per heavy atom. The van der Waals surface area contributed by atoms with Crippen LogP contribution < -0.4 is 25.5 Å². The molecule has 0 bridgehead atoms. The fraction of sp³-hybridized carbons (Fsp3) is 0.444. The fourth-order valence-corrected chi connectivity index (χ4v) is 12.1. The van der Waals surface area contributed by atoms with Crippen molar-refractivity contribution in [3.63, 3.8) is 0 Å². The van der Waals surface area contributed by atoms with Crippen LogP contribution >= 0.6 is 0 Å². The standard InChI is InChI=1S/C36H45N3O5Si/c1-24-33(45(3,4)29-15-13-28(43-2)14-16-29)32(18-20-40)44-36(24)30-21-27(38-34(41)26-11-8-19-37-22-26)12-17-31(30)39(35(36)42)23-25-9-6-5-7-10-25/h5-7,9-10,12-17,21,24,26,32-33,37,40H,8,11,18-20,22-23H2,1-4H3,(H,38,41)/t24-,26?,32+,33-,36+/m0/s1. The Morgan fingerprint density at radius 2 is 1.89 bits per heavy atom. The molecule has 6 rings (SSSR count). The number of aliphatic hydroxyl groups excluding tert-OH is 1.